The van der Waals surface area contributed by atoms with E-state index in [1.54, 1.807) is 11.3 Å². The third-order valence-electron chi connectivity index (χ3n) is 6.26. The van der Waals surface area contributed by atoms with Crippen molar-refractivity contribution in [3.8, 4) is 6.07 Å². The Kier molecular flexibility index (Phi) is 5.74. The molecule has 1 aromatic heterocycles. The van der Waals surface area contributed by atoms with Gasteiger partial charge in [0, 0.05) is 41.5 Å². The van der Waals surface area contributed by atoms with E-state index in [9.17, 15) is 10.1 Å². The van der Waals surface area contributed by atoms with Crippen molar-refractivity contribution in [1.82, 2.24) is 10.0 Å². The van der Waals surface area contributed by atoms with E-state index in [0.717, 1.165) is 21.7 Å². The second kappa shape index (κ2) is 8.23. The quantitative estimate of drug-likeness (QED) is 0.717. The average Bonchev–Trinajstić information content (AvgIpc) is 3.23. The molecule has 2 aromatic rings. The number of Topliss-reactive ketones (excluding diaryl/α,β-unsaturated/α-hetero) is 1. The summed E-state index contributed by atoms with van der Waals surface area (Å²) in [6, 6.07) is 16.7. The summed E-state index contributed by atoms with van der Waals surface area (Å²) in [4.78, 5) is 15.9. The summed E-state index contributed by atoms with van der Waals surface area (Å²) in [6.45, 7) is 6.52. The van der Waals surface area contributed by atoms with Crippen LogP contribution in [0.2, 0.25) is 0 Å². The molecule has 5 nitrogen and oxygen atoms in total. The van der Waals surface area contributed by atoms with Gasteiger partial charge in [0.2, 0.25) is 0 Å². The van der Waals surface area contributed by atoms with E-state index in [-0.39, 0.29) is 17.1 Å². The molecule has 0 saturated carbocycles. The van der Waals surface area contributed by atoms with E-state index < -0.39 is 5.92 Å². The lowest BCUT2D eigenvalue weighted by Crippen LogP contribution is -2.45. The lowest BCUT2D eigenvalue weighted by Gasteiger charge is -2.43. The van der Waals surface area contributed by atoms with Gasteiger partial charge < -0.3 is 5.73 Å². The third kappa shape index (κ3) is 3.76. The summed E-state index contributed by atoms with van der Waals surface area (Å²) in [7, 11) is 3.79. The standard InChI is InChI=1S/C26H30N4OS/c1-26(2,3)22-12-11-21(32-22)23-18(15-27)25(28)30(29(4)5)19-13-17(14-20(31)24(19)23)16-9-7-6-8-10-16/h6-12,17,23H,13-14,28H2,1-5H3/t17-,23-/m1/s1. The number of benzene rings is 1. The number of hydrogen-bond acceptors (Lipinski definition) is 6. The third-order valence-corrected chi connectivity index (χ3v) is 7.84. The molecular weight excluding hydrogens is 416 g/mol. The van der Waals surface area contributed by atoms with E-state index in [4.69, 9.17) is 5.73 Å². The molecule has 2 N–H and O–H groups in total. The molecule has 0 saturated heterocycles. The van der Waals surface area contributed by atoms with Crippen molar-refractivity contribution in [3.63, 3.8) is 0 Å². The summed E-state index contributed by atoms with van der Waals surface area (Å²) in [5.41, 5.74) is 9.83. The van der Waals surface area contributed by atoms with Gasteiger partial charge in [-0.3, -0.25) is 9.80 Å². The molecule has 0 bridgehead atoms. The minimum Gasteiger partial charge on any atom is -0.383 e. The zero-order valence-corrected chi connectivity index (χ0v) is 20.2. The Morgan fingerprint density at radius 1 is 1.12 bits per heavy atom. The fourth-order valence-electron chi connectivity index (χ4n) is 4.73. The monoisotopic (exact) mass is 446 g/mol. The molecule has 0 fully saturated rings. The van der Waals surface area contributed by atoms with Crippen molar-refractivity contribution in [2.45, 2.75) is 50.9 Å². The molecule has 4 rings (SSSR count). The number of ketones is 1. The molecule has 2 heterocycles. The van der Waals surface area contributed by atoms with Gasteiger partial charge in [-0.25, -0.2) is 5.01 Å². The topological polar surface area (TPSA) is 73.4 Å². The van der Waals surface area contributed by atoms with Gasteiger partial charge in [-0.05, 0) is 35.4 Å². The van der Waals surface area contributed by atoms with Crippen molar-refractivity contribution < 1.29 is 4.79 Å². The first-order chi connectivity index (χ1) is 15.1. The van der Waals surface area contributed by atoms with E-state index >= 15 is 0 Å². The maximum Gasteiger partial charge on any atom is 0.162 e. The minimum atomic E-state index is -0.406. The average molecular weight is 447 g/mol. The highest BCUT2D eigenvalue weighted by Crippen LogP contribution is 2.49. The smallest absolute Gasteiger partial charge is 0.162 e. The number of carbonyl (C=O) groups excluding carboxylic acids is 1. The second-order valence-electron chi connectivity index (χ2n) is 9.75. The van der Waals surface area contributed by atoms with Crippen LogP contribution in [0.4, 0.5) is 0 Å². The van der Waals surface area contributed by atoms with Gasteiger partial charge in [0.25, 0.3) is 0 Å². The van der Waals surface area contributed by atoms with Crippen LogP contribution in [0.5, 0.6) is 0 Å². The van der Waals surface area contributed by atoms with Crippen LogP contribution in [-0.2, 0) is 10.2 Å². The molecule has 6 heteroatoms. The van der Waals surface area contributed by atoms with Crippen LogP contribution in [0.25, 0.3) is 0 Å². The first kappa shape index (κ1) is 22.3. The van der Waals surface area contributed by atoms with Gasteiger partial charge in [0.15, 0.2) is 5.78 Å². The van der Waals surface area contributed by atoms with E-state index in [0.29, 0.717) is 24.2 Å². The highest BCUT2D eigenvalue weighted by atomic mass is 32.1. The molecule has 1 aliphatic carbocycles. The number of thiophene rings is 1. The Balaban J connectivity index is 1.88. The molecule has 0 spiro atoms. The normalized spacial score (nSPS) is 21.8. The van der Waals surface area contributed by atoms with E-state index in [2.05, 4.69) is 51.1 Å². The Bertz CT molecular complexity index is 1140. The van der Waals surface area contributed by atoms with Crippen LogP contribution in [0, 0.1) is 11.3 Å². The van der Waals surface area contributed by atoms with Crippen LogP contribution < -0.4 is 5.73 Å². The summed E-state index contributed by atoms with van der Waals surface area (Å²) >= 11 is 1.67. The van der Waals surface area contributed by atoms with Gasteiger partial charge in [-0.1, -0.05) is 51.1 Å². The number of hydrazine groups is 1. The zero-order chi connectivity index (χ0) is 23.2. The molecule has 32 heavy (non-hydrogen) atoms. The number of hydrogen-bond donors (Lipinski definition) is 1. The lowest BCUT2D eigenvalue weighted by atomic mass is 9.74. The van der Waals surface area contributed by atoms with Gasteiger partial charge in [-0.2, -0.15) is 5.26 Å². The second-order valence-corrected chi connectivity index (χ2v) is 10.9. The molecule has 0 unspecified atom stereocenters. The molecule has 2 aliphatic rings. The Hall–Kier alpha value is -2.88. The fourth-order valence-corrected chi connectivity index (χ4v) is 5.91. The first-order valence-corrected chi connectivity index (χ1v) is 11.7. The predicted octanol–water partition coefficient (Wildman–Crippen LogP) is 5.02. The summed E-state index contributed by atoms with van der Waals surface area (Å²) in [5, 5.41) is 13.8. The fraction of sp³-hybridized carbons (Fsp3) is 0.385. The summed E-state index contributed by atoms with van der Waals surface area (Å²) in [6.07, 6.45) is 1.15. The maximum atomic E-state index is 13.7. The SMILES string of the molecule is CN(C)N1C(N)=C(C#N)[C@H](c2ccc(C(C)(C)C)s2)C2=C1C[C@@H](c1ccccc1)CC2=O. The van der Waals surface area contributed by atoms with Crippen LogP contribution in [0.3, 0.4) is 0 Å². The van der Waals surface area contributed by atoms with E-state index in [1.165, 1.54) is 4.88 Å². The predicted molar refractivity (Wildman–Crippen MR) is 129 cm³/mol. The van der Waals surface area contributed by atoms with Crippen LogP contribution in [0.15, 0.2) is 65.1 Å². The van der Waals surface area contributed by atoms with Gasteiger partial charge in [0.1, 0.15) is 5.82 Å². The molecule has 1 aromatic carbocycles. The lowest BCUT2D eigenvalue weighted by molar-refractivity contribution is -0.117. The van der Waals surface area contributed by atoms with E-state index in [1.807, 2.05) is 42.3 Å². The van der Waals surface area contributed by atoms with Crippen LogP contribution in [0.1, 0.15) is 60.8 Å². The highest BCUT2D eigenvalue weighted by Gasteiger charge is 2.43. The van der Waals surface area contributed by atoms with Crippen LogP contribution >= 0.6 is 11.3 Å². The number of rotatable bonds is 3. The van der Waals surface area contributed by atoms with Crippen molar-refractivity contribution in [1.29, 1.82) is 5.26 Å². The molecule has 0 radical (unpaired) electrons. The largest absolute Gasteiger partial charge is 0.383 e. The number of nitrogens with two attached hydrogens (primary N) is 1. The number of carbonyl (C=O) groups is 1. The number of allylic oxidation sites excluding steroid dienone is 3. The Labute approximate surface area is 194 Å². The minimum absolute atomic E-state index is 0.00150. The van der Waals surface area contributed by atoms with Gasteiger partial charge in [0.05, 0.1) is 17.6 Å². The molecule has 1 aliphatic heterocycles. The zero-order valence-electron chi connectivity index (χ0n) is 19.3. The maximum absolute atomic E-state index is 13.7. The molecular formula is C26H30N4OS. The van der Waals surface area contributed by atoms with Crippen molar-refractivity contribution in [2.75, 3.05) is 14.1 Å². The van der Waals surface area contributed by atoms with Gasteiger partial charge in [-0.15, -0.1) is 11.3 Å². The van der Waals surface area contributed by atoms with Gasteiger partial charge >= 0.3 is 0 Å². The van der Waals surface area contributed by atoms with Crippen molar-refractivity contribution >= 4 is 17.1 Å². The number of nitrogens with zero attached hydrogens (tertiary/aromatic N) is 3. The summed E-state index contributed by atoms with van der Waals surface area (Å²) in [5.74, 6) is 0.198. The van der Waals surface area contributed by atoms with Crippen molar-refractivity contribution in [3.05, 3.63) is 80.4 Å². The Morgan fingerprint density at radius 3 is 2.38 bits per heavy atom. The molecule has 2 atom stereocenters. The highest BCUT2D eigenvalue weighted by molar-refractivity contribution is 7.12. The molecule has 0 amide bonds. The van der Waals surface area contributed by atoms with Crippen LogP contribution in [-0.4, -0.2) is 29.9 Å². The first-order valence-electron chi connectivity index (χ1n) is 10.9. The number of nitriles is 1. The molecule has 166 valence electrons. The Morgan fingerprint density at radius 2 is 1.81 bits per heavy atom. The summed E-state index contributed by atoms with van der Waals surface area (Å²) < 4.78 is 0. The van der Waals surface area contributed by atoms with Crippen molar-refractivity contribution in [2.24, 2.45) is 5.73 Å².